The first-order valence-electron chi connectivity index (χ1n) is 7.33. The van der Waals surface area contributed by atoms with Gasteiger partial charge in [0.05, 0.1) is 19.8 Å². The summed E-state index contributed by atoms with van der Waals surface area (Å²) >= 11 is 0. The Hall–Kier alpha value is -1.54. The van der Waals surface area contributed by atoms with Crippen molar-refractivity contribution in [1.29, 1.82) is 0 Å². The van der Waals surface area contributed by atoms with Gasteiger partial charge in [-0.2, -0.15) is 0 Å². The van der Waals surface area contributed by atoms with Crippen LogP contribution in [-0.2, 0) is 11.3 Å². The lowest BCUT2D eigenvalue weighted by atomic mass is 10.0. The second kappa shape index (κ2) is 7.46. The quantitative estimate of drug-likeness (QED) is 0.855. The zero-order chi connectivity index (χ0) is 15.2. The Balaban J connectivity index is 2.19. The maximum Gasteiger partial charge on any atom is 0.119 e. The van der Waals surface area contributed by atoms with Crippen LogP contribution < -0.4 is 10.5 Å². The Labute approximate surface area is 127 Å². The first-order chi connectivity index (χ1) is 10.2. The van der Waals surface area contributed by atoms with Gasteiger partial charge in [-0.3, -0.25) is 4.90 Å². The molecular weight excluding hydrogens is 264 g/mol. The van der Waals surface area contributed by atoms with Crippen molar-refractivity contribution in [2.24, 2.45) is 5.73 Å². The summed E-state index contributed by atoms with van der Waals surface area (Å²) in [7, 11) is 3.82. The van der Waals surface area contributed by atoms with Crippen LogP contribution in [0.1, 0.15) is 24.5 Å². The Morgan fingerprint density at radius 2 is 2.29 bits per heavy atom. The number of rotatable bonds is 4. The Kier molecular flexibility index (Phi) is 5.63. The molecule has 0 bridgehead atoms. The van der Waals surface area contributed by atoms with Crippen molar-refractivity contribution >= 4 is 0 Å². The molecule has 21 heavy (non-hydrogen) atoms. The van der Waals surface area contributed by atoms with Crippen LogP contribution in [0.15, 0.2) is 18.2 Å². The van der Waals surface area contributed by atoms with Crippen LogP contribution in [0.5, 0.6) is 5.75 Å². The van der Waals surface area contributed by atoms with Crippen molar-refractivity contribution in [3.8, 4) is 17.6 Å². The third kappa shape index (κ3) is 3.98. The highest BCUT2D eigenvalue weighted by atomic mass is 16.5. The highest BCUT2D eigenvalue weighted by Crippen LogP contribution is 2.23. The van der Waals surface area contributed by atoms with E-state index in [1.54, 1.807) is 7.11 Å². The van der Waals surface area contributed by atoms with E-state index in [2.05, 4.69) is 36.8 Å². The molecule has 0 aliphatic carbocycles. The molecule has 1 heterocycles. The zero-order valence-corrected chi connectivity index (χ0v) is 13.1. The summed E-state index contributed by atoms with van der Waals surface area (Å²) < 4.78 is 11.0. The van der Waals surface area contributed by atoms with Crippen LogP contribution in [0.25, 0.3) is 0 Å². The lowest BCUT2D eigenvalue weighted by Gasteiger charge is -2.27. The topological polar surface area (TPSA) is 47.7 Å². The monoisotopic (exact) mass is 288 g/mol. The molecule has 1 aromatic rings. The molecule has 2 rings (SSSR count). The molecule has 0 amide bonds. The summed E-state index contributed by atoms with van der Waals surface area (Å²) in [5, 5.41) is 0. The average Bonchev–Trinajstić information content (AvgIpc) is 2.92. The van der Waals surface area contributed by atoms with Gasteiger partial charge in [0.25, 0.3) is 0 Å². The molecule has 2 unspecified atom stereocenters. The molecule has 1 fully saturated rings. The van der Waals surface area contributed by atoms with Crippen molar-refractivity contribution < 1.29 is 9.47 Å². The third-order valence-corrected chi connectivity index (χ3v) is 3.96. The molecule has 1 aliphatic rings. The van der Waals surface area contributed by atoms with Gasteiger partial charge in [0.15, 0.2) is 0 Å². The summed E-state index contributed by atoms with van der Waals surface area (Å²) in [5.41, 5.74) is 7.65. The van der Waals surface area contributed by atoms with Crippen molar-refractivity contribution in [1.82, 2.24) is 4.90 Å². The number of ether oxygens (including phenoxy) is 2. The normalized spacial score (nSPS) is 21.2. The minimum atomic E-state index is 0.277. The predicted octanol–water partition coefficient (Wildman–Crippen LogP) is 1.61. The van der Waals surface area contributed by atoms with Gasteiger partial charge in [-0.25, -0.2) is 0 Å². The number of likely N-dealkylation sites (N-methyl/N-ethyl adjacent to an activating group) is 1. The fourth-order valence-corrected chi connectivity index (χ4v) is 2.78. The highest BCUT2D eigenvalue weighted by molar-refractivity contribution is 5.45. The van der Waals surface area contributed by atoms with Crippen molar-refractivity contribution in [2.45, 2.75) is 32.0 Å². The second-order valence-electron chi connectivity index (χ2n) is 5.38. The molecule has 1 aliphatic heterocycles. The lowest BCUT2D eigenvalue weighted by Crippen LogP contribution is -2.36. The van der Waals surface area contributed by atoms with Gasteiger partial charge < -0.3 is 15.2 Å². The molecule has 4 heteroatoms. The highest BCUT2D eigenvalue weighted by Gasteiger charge is 2.28. The molecule has 0 aromatic heterocycles. The Morgan fingerprint density at radius 1 is 1.48 bits per heavy atom. The number of nitrogens with two attached hydrogens (primary N) is 1. The van der Waals surface area contributed by atoms with Crippen molar-refractivity contribution in [3.63, 3.8) is 0 Å². The molecular formula is C17H24N2O2. The Morgan fingerprint density at radius 3 is 2.90 bits per heavy atom. The molecule has 2 atom stereocenters. The van der Waals surface area contributed by atoms with E-state index in [-0.39, 0.29) is 6.10 Å². The number of hydrogen-bond acceptors (Lipinski definition) is 4. The summed E-state index contributed by atoms with van der Waals surface area (Å²) in [6.45, 7) is 4.17. The summed E-state index contributed by atoms with van der Waals surface area (Å²) in [5.74, 6) is 6.92. The molecule has 0 saturated carbocycles. The van der Waals surface area contributed by atoms with Gasteiger partial charge in [0, 0.05) is 24.8 Å². The van der Waals surface area contributed by atoms with E-state index in [4.69, 9.17) is 15.2 Å². The van der Waals surface area contributed by atoms with E-state index >= 15 is 0 Å². The van der Waals surface area contributed by atoms with E-state index in [0.717, 1.165) is 36.4 Å². The van der Waals surface area contributed by atoms with Crippen molar-refractivity contribution in [2.75, 3.05) is 27.3 Å². The van der Waals surface area contributed by atoms with Gasteiger partial charge in [0.1, 0.15) is 5.75 Å². The maximum absolute atomic E-state index is 5.65. The molecule has 114 valence electrons. The molecule has 2 N–H and O–H groups in total. The van der Waals surface area contributed by atoms with E-state index in [1.165, 1.54) is 0 Å². The van der Waals surface area contributed by atoms with E-state index in [1.807, 2.05) is 12.1 Å². The smallest absolute Gasteiger partial charge is 0.119 e. The van der Waals surface area contributed by atoms with Gasteiger partial charge in [-0.15, -0.1) is 0 Å². The molecule has 1 aromatic carbocycles. The number of nitrogens with zero attached hydrogens (tertiary/aromatic N) is 1. The van der Waals surface area contributed by atoms with Crippen LogP contribution in [0.4, 0.5) is 0 Å². The second-order valence-corrected chi connectivity index (χ2v) is 5.38. The number of methoxy groups -OCH3 is 1. The fraction of sp³-hybridized carbons (Fsp3) is 0.529. The molecule has 4 nitrogen and oxygen atoms in total. The zero-order valence-electron chi connectivity index (χ0n) is 13.1. The molecule has 0 radical (unpaired) electrons. The lowest BCUT2D eigenvalue weighted by molar-refractivity contribution is 0.0814. The van der Waals surface area contributed by atoms with Crippen LogP contribution in [0.3, 0.4) is 0 Å². The minimum absolute atomic E-state index is 0.277. The minimum Gasteiger partial charge on any atom is -0.497 e. The summed E-state index contributed by atoms with van der Waals surface area (Å²) in [6.07, 6.45) is 1.35. The third-order valence-electron chi connectivity index (χ3n) is 3.96. The maximum atomic E-state index is 5.65. The first-order valence-corrected chi connectivity index (χ1v) is 7.33. The average molecular weight is 288 g/mol. The van der Waals surface area contributed by atoms with E-state index in [9.17, 15) is 0 Å². The number of hydrogen-bond donors (Lipinski definition) is 1. The van der Waals surface area contributed by atoms with Crippen LogP contribution in [0.2, 0.25) is 0 Å². The van der Waals surface area contributed by atoms with Crippen LogP contribution in [-0.4, -0.2) is 44.4 Å². The Bertz CT molecular complexity index is 533. The predicted molar refractivity (Wildman–Crippen MR) is 84.2 cm³/mol. The fourth-order valence-electron chi connectivity index (χ4n) is 2.78. The summed E-state index contributed by atoms with van der Waals surface area (Å²) in [6, 6.07) is 6.44. The van der Waals surface area contributed by atoms with Gasteiger partial charge in [0.2, 0.25) is 0 Å². The van der Waals surface area contributed by atoms with Gasteiger partial charge in [-0.05, 0) is 44.2 Å². The van der Waals surface area contributed by atoms with Crippen LogP contribution >= 0.6 is 0 Å². The van der Waals surface area contributed by atoms with Gasteiger partial charge in [-0.1, -0.05) is 11.8 Å². The van der Waals surface area contributed by atoms with E-state index in [0.29, 0.717) is 12.6 Å². The standard InChI is InChI=1S/C17H24N2O2/c1-13-17(8-10-21-13)19(2)12-15-11-16(20-3)7-6-14(15)5-4-9-18/h6-7,11,13,17H,8-10,12,18H2,1-3H3. The molecule has 0 spiro atoms. The largest absolute Gasteiger partial charge is 0.497 e. The first kappa shape index (κ1) is 15.8. The van der Waals surface area contributed by atoms with Crippen molar-refractivity contribution in [3.05, 3.63) is 29.3 Å². The molecule has 1 saturated heterocycles. The van der Waals surface area contributed by atoms with Gasteiger partial charge >= 0.3 is 0 Å². The summed E-state index contributed by atoms with van der Waals surface area (Å²) in [4.78, 5) is 2.33. The van der Waals surface area contributed by atoms with Crippen LogP contribution in [0, 0.1) is 11.8 Å². The SMILES string of the molecule is COc1ccc(C#CCN)c(CN(C)C2CCOC2C)c1. The number of benzene rings is 1. The van der Waals surface area contributed by atoms with E-state index < -0.39 is 0 Å².